The van der Waals surface area contributed by atoms with Gasteiger partial charge in [-0.25, -0.2) is 4.98 Å². The minimum Gasteiger partial charge on any atom is -0.493 e. The first-order valence-corrected chi connectivity index (χ1v) is 14.3. The van der Waals surface area contributed by atoms with Gasteiger partial charge in [-0.1, -0.05) is 12.1 Å². The average Bonchev–Trinajstić information content (AvgIpc) is 3.58. The van der Waals surface area contributed by atoms with Crippen LogP contribution in [-0.4, -0.2) is 61.3 Å². The Morgan fingerprint density at radius 1 is 0.909 bits per heavy atom. The van der Waals surface area contributed by atoms with Gasteiger partial charge in [-0.05, 0) is 59.9 Å². The molecule has 3 aromatic carbocycles. The maximum Gasteiger partial charge on any atom is 0.202 e. The average molecular weight is 599 g/mol. The topological polar surface area (TPSA) is 147 Å². The van der Waals surface area contributed by atoms with Crippen molar-refractivity contribution < 1.29 is 18.9 Å². The summed E-state index contributed by atoms with van der Waals surface area (Å²) in [6.45, 7) is 4.05. The van der Waals surface area contributed by atoms with E-state index in [4.69, 9.17) is 30.5 Å². The lowest BCUT2D eigenvalue weighted by molar-refractivity contribution is 0.252. The number of anilines is 1. The SMILES string of the molecule is COc1cc(N)c(C(N=Nc2ccc(CCN3CCc4cc(OC)c(OCCn5ccnc5)cc4C3)cc2)=NN)cc1OC. The molecular weight excluding hydrogens is 560 g/mol. The fourth-order valence-electron chi connectivity index (χ4n) is 5.12. The monoisotopic (exact) mass is 598 g/mol. The van der Waals surface area contributed by atoms with Gasteiger partial charge in [0, 0.05) is 49.3 Å². The Kier molecular flexibility index (Phi) is 9.92. The Morgan fingerprint density at radius 2 is 1.64 bits per heavy atom. The van der Waals surface area contributed by atoms with Gasteiger partial charge in [-0.2, -0.15) is 5.10 Å². The van der Waals surface area contributed by atoms with Crippen molar-refractivity contribution in [2.45, 2.75) is 25.9 Å². The summed E-state index contributed by atoms with van der Waals surface area (Å²) in [5.41, 5.74) is 11.5. The summed E-state index contributed by atoms with van der Waals surface area (Å²) in [4.78, 5) is 6.55. The third-order valence-corrected chi connectivity index (χ3v) is 7.58. The van der Waals surface area contributed by atoms with Gasteiger partial charge in [0.1, 0.15) is 6.61 Å². The highest BCUT2D eigenvalue weighted by atomic mass is 16.5. The van der Waals surface area contributed by atoms with Crippen molar-refractivity contribution in [1.29, 1.82) is 0 Å². The van der Waals surface area contributed by atoms with E-state index in [-0.39, 0.29) is 5.84 Å². The van der Waals surface area contributed by atoms with Crippen molar-refractivity contribution in [3.63, 3.8) is 0 Å². The molecule has 44 heavy (non-hydrogen) atoms. The van der Waals surface area contributed by atoms with Crippen LogP contribution in [0.2, 0.25) is 0 Å². The Hall–Kier alpha value is -5.10. The van der Waals surface area contributed by atoms with Gasteiger partial charge < -0.3 is 35.1 Å². The zero-order valence-electron chi connectivity index (χ0n) is 25.3. The van der Waals surface area contributed by atoms with Gasteiger partial charge >= 0.3 is 0 Å². The number of imidazole rings is 1. The molecule has 1 aromatic heterocycles. The van der Waals surface area contributed by atoms with Crippen LogP contribution in [-0.2, 0) is 25.9 Å². The Balaban J connectivity index is 1.17. The summed E-state index contributed by atoms with van der Waals surface area (Å²) in [6.07, 6.45) is 7.35. The van der Waals surface area contributed by atoms with Crippen molar-refractivity contribution >= 4 is 17.2 Å². The summed E-state index contributed by atoms with van der Waals surface area (Å²) in [7, 11) is 4.77. The van der Waals surface area contributed by atoms with Crippen LogP contribution >= 0.6 is 0 Å². The van der Waals surface area contributed by atoms with E-state index in [1.807, 2.05) is 22.9 Å². The second kappa shape index (κ2) is 14.4. The van der Waals surface area contributed by atoms with Crippen LogP contribution in [0.1, 0.15) is 22.3 Å². The molecule has 0 aliphatic carbocycles. The van der Waals surface area contributed by atoms with Crippen LogP contribution in [0.25, 0.3) is 0 Å². The highest BCUT2D eigenvalue weighted by Crippen LogP contribution is 2.34. The number of nitrogens with zero attached hydrogens (tertiary/aromatic N) is 6. The van der Waals surface area contributed by atoms with Crippen molar-refractivity contribution in [2.24, 2.45) is 21.2 Å². The van der Waals surface area contributed by atoms with Crippen molar-refractivity contribution in [1.82, 2.24) is 14.5 Å². The van der Waals surface area contributed by atoms with E-state index < -0.39 is 0 Å². The zero-order valence-corrected chi connectivity index (χ0v) is 25.3. The number of hydrogen-bond acceptors (Lipinski definition) is 10. The molecule has 0 unspecified atom stereocenters. The summed E-state index contributed by atoms with van der Waals surface area (Å²) < 4.78 is 24.4. The van der Waals surface area contributed by atoms with E-state index in [1.54, 1.807) is 46.0 Å². The molecule has 0 radical (unpaired) electrons. The molecule has 0 amide bonds. The molecule has 1 aliphatic rings. The molecule has 1 aliphatic heterocycles. The molecule has 0 spiro atoms. The Morgan fingerprint density at radius 3 is 2.34 bits per heavy atom. The van der Waals surface area contributed by atoms with Crippen molar-refractivity contribution in [3.8, 4) is 23.0 Å². The predicted molar refractivity (Wildman–Crippen MR) is 169 cm³/mol. The van der Waals surface area contributed by atoms with Crippen LogP contribution in [0.5, 0.6) is 23.0 Å². The van der Waals surface area contributed by atoms with Crippen molar-refractivity contribution in [3.05, 3.63) is 89.5 Å². The zero-order chi connectivity index (χ0) is 30.9. The quantitative estimate of drug-likeness (QED) is 0.0602. The van der Waals surface area contributed by atoms with Crippen LogP contribution in [0.15, 0.2) is 82.6 Å². The highest BCUT2D eigenvalue weighted by molar-refractivity contribution is 6.04. The molecule has 4 aromatic rings. The first-order valence-electron chi connectivity index (χ1n) is 14.3. The van der Waals surface area contributed by atoms with Crippen LogP contribution in [0.4, 0.5) is 11.4 Å². The number of amidine groups is 1. The summed E-state index contributed by atoms with van der Waals surface area (Å²) in [5, 5.41) is 12.3. The molecule has 0 saturated carbocycles. The van der Waals surface area contributed by atoms with Gasteiger partial charge in [0.25, 0.3) is 0 Å². The molecule has 4 N–H and O–H groups in total. The van der Waals surface area contributed by atoms with Crippen LogP contribution in [0.3, 0.4) is 0 Å². The third kappa shape index (κ3) is 7.27. The molecule has 0 saturated heterocycles. The number of nitrogens with two attached hydrogens (primary N) is 2. The van der Waals surface area contributed by atoms with E-state index >= 15 is 0 Å². The van der Waals surface area contributed by atoms with Crippen LogP contribution in [0, 0.1) is 0 Å². The summed E-state index contributed by atoms with van der Waals surface area (Å²) in [6, 6.07) is 15.5. The molecule has 12 nitrogen and oxygen atoms in total. The van der Waals surface area contributed by atoms with Crippen LogP contribution < -0.4 is 30.5 Å². The highest BCUT2D eigenvalue weighted by Gasteiger charge is 2.20. The number of benzene rings is 3. The fraction of sp³-hybridized carbons (Fsp3) is 0.312. The van der Waals surface area contributed by atoms with E-state index in [1.165, 1.54) is 16.7 Å². The lowest BCUT2D eigenvalue weighted by Gasteiger charge is -2.29. The molecule has 0 atom stereocenters. The van der Waals surface area contributed by atoms with E-state index in [2.05, 4.69) is 49.5 Å². The second-order valence-electron chi connectivity index (χ2n) is 10.3. The van der Waals surface area contributed by atoms with Crippen molar-refractivity contribution in [2.75, 3.05) is 46.8 Å². The van der Waals surface area contributed by atoms with Gasteiger partial charge in [-0.15, -0.1) is 10.2 Å². The first kappa shape index (κ1) is 30.4. The van der Waals surface area contributed by atoms with E-state index in [0.717, 1.165) is 50.5 Å². The van der Waals surface area contributed by atoms with Gasteiger partial charge in [0.05, 0.1) is 39.9 Å². The number of fused-ring (bicyclic) bond motifs is 1. The summed E-state index contributed by atoms with van der Waals surface area (Å²) in [5.74, 6) is 8.34. The molecule has 2 heterocycles. The number of hydrazone groups is 1. The summed E-state index contributed by atoms with van der Waals surface area (Å²) >= 11 is 0. The molecule has 0 fully saturated rings. The molecule has 230 valence electrons. The number of ether oxygens (including phenoxy) is 4. The van der Waals surface area contributed by atoms with E-state index in [9.17, 15) is 0 Å². The molecular formula is C32H38N8O4. The predicted octanol–water partition coefficient (Wildman–Crippen LogP) is 4.58. The number of methoxy groups -OCH3 is 3. The second-order valence-corrected chi connectivity index (χ2v) is 10.3. The van der Waals surface area contributed by atoms with E-state index in [0.29, 0.717) is 35.0 Å². The van der Waals surface area contributed by atoms with Gasteiger partial charge in [0.2, 0.25) is 5.84 Å². The minimum absolute atomic E-state index is 0.183. The number of rotatable bonds is 12. The maximum absolute atomic E-state index is 6.17. The van der Waals surface area contributed by atoms with Gasteiger partial charge in [0.15, 0.2) is 23.0 Å². The Labute approximate surface area is 256 Å². The molecule has 0 bridgehead atoms. The number of nitrogen functional groups attached to an aromatic ring is 1. The molecule has 12 heteroatoms. The lowest BCUT2D eigenvalue weighted by atomic mass is 9.98. The number of azo groups is 1. The maximum atomic E-state index is 6.17. The normalized spacial score (nSPS) is 13.6. The number of aromatic nitrogens is 2. The fourth-order valence-corrected chi connectivity index (χ4v) is 5.12. The largest absolute Gasteiger partial charge is 0.493 e. The minimum atomic E-state index is 0.183. The first-order chi connectivity index (χ1) is 21.5. The smallest absolute Gasteiger partial charge is 0.202 e. The third-order valence-electron chi connectivity index (χ3n) is 7.58. The van der Waals surface area contributed by atoms with Gasteiger partial charge in [-0.3, -0.25) is 4.90 Å². The standard InChI is InChI=1S/C32H38N8O4/c1-41-28-16-23-9-12-39(20-24(23)17-31(28)44-15-14-40-13-10-35-21-40)11-8-22-4-6-25(7-5-22)37-38-32(36-34)26-18-29(42-2)30(43-3)19-27(26)33/h4-7,10,13,16-19,21H,8-9,11-12,14-15,20,33-34H2,1-3H3. The molecule has 5 rings (SSSR count). The Bertz CT molecular complexity index is 1600. The number of hydrogen-bond donors (Lipinski definition) is 2. The lowest BCUT2D eigenvalue weighted by Crippen LogP contribution is -2.32.